The van der Waals surface area contributed by atoms with Gasteiger partial charge in [0, 0.05) is 23.7 Å². The summed E-state index contributed by atoms with van der Waals surface area (Å²) in [5.41, 5.74) is 1.24. The molecule has 10 heteroatoms. The molecule has 2 aromatic carbocycles. The lowest BCUT2D eigenvalue weighted by Gasteiger charge is -2.29. The van der Waals surface area contributed by atoms with E-state index in [2.05, 4.69) is 5.32 Å². The molecule has 7 nitrogen and oxygen atoms in total. The molecule has 1 N–H and O–H groups in total. The van der Waals surface area contributed by atoms with E-state index in [0.717, 1.165) is 10.4 Å². The predicted octanol–water partition coefficient (Wildman–Crippen LogP) is 5.99. The van der Waals surface area contributed by atoms with Crippen molar-refractivity contribution >= 4 is 40.6 Å². The second-order valence-electron chi connectivity index (χ2n) is 8.85. The second kappa shape index (κ2) is 11.6. The van der Waals surface area contributed by atoms with Crippen LogP contribution >= 0.6 is 22.9 Å². The molecule has 36 heavy (non-hydrogen) atoms. The van der Waals surface area contributed by atoms with Crippen LogP contribution in [0.2, 0.25) is 5.02 Å². The number of hydrogen-bond acceptors (Lipinski definition) is 5. The monoisotopic (exact) mass is 531 g/mol. The number of carbonyl (C=O) groups excluding carboxylic acids is 2. The number of ether oxygens (including phenoxy) is 2. The summed E-state index contributed by atoms with van der Waals surface area (Å²) in [5.74, 6) is 0.677. The molecular weight excluding hydrogens is 505 g/mol. The lowest BCUT2D eigenvalue weighted by atomic mass is 10.1. The fourth-order valence-corrected chi connectivity index (χ4v) is 4.68. The molecule has 0 radical (unpaired) electrons. The molecule has 2 heterocycles. The van der Waals surface area contributed by atoms with Crippen molar-refractivity contribution in [2.45, 2.75) is 26.9 Å². The van der Waals surface area contributed by atoms with Crippen molar-refractivity contribution in [3.8, 4) is 11.5 Å². The zero-order chi connectivity index (χ0) is 25.7. The normalized spacial score (nSPS) is 12.0. The van der Waals surface area contributed by atoms with Gasteiger partial charge in [0.05, 0.1) is 11.6 Å². The molecule has 3 aromatic rings. The Hall–Kier alpha value is -3.30. The second-order valence-corrected chi connectivity index (χ2v) is 10.3. The highest BCUT2D eigenvalue weighted by molar-refractivity contribution is 7.09. The van der Waals surface area contributed by atoms with E-state index in [4.69, 9.17) is 21.1 Å². The van der Waals surface area contributed by atoms with Crippen LogP contribution in [0.3, 0.4) is 0 Å². The fraction of sp³-hybridized carbons (Fsp3) is 0.308. The van der Waals surface area contributed by atoms with Crippen molar-refractivity contribution in [3.63, 3.8) is 0 Å². The Labute approximate surface area is 218 Å². The first-order valence-electron chi connectivity index (χ1n) is 11.5. The third-order valence-electron chi connectivity index (χ3n) is 5.46. The van der Waals surface area contributed by atoms with Crippen LogP contribution in [0.4, 0.5) is 14.9 Å². The van der Waals surface area contributed by atoms with Gasteiger partial charge in [0.1, 0.15) is 12.4 Å². The average molecular weight is 532 g/mol. The molecule has 0 atom stereocenters. The number of anilines is 1. The summed E-state index contributed by atoms with van der Waals surface area (Å²) in [6.45, 7) is 5.12. The van der Waals surface area contributed by atoms with E-state index in [9.17, 15) is 14.0 Å². The lowest BCUT2D eigenvalue weighted by Crippen LogP contribution is -2.45. The summed E-state index contributed by atoms with van der Waals surface area (Å²) in [4.78, 5) is 30.8. The van der Waals surface area contributed by atoms with Gasteiger partial charge in [0.2, 0.25) is 12.7 Å². The molecular formula is C26H27ClFN3O4S. The molecule has 1 aromatic heterocycles. The van der Waals surface area contributed by atoms with E-state index in [1.165, 1.54) is 23.1 Å². The van der Waals surface area contributed by atoms with Crippen LogP contribution in [0.5, 0.6) is 11.5 Å². The fourth-order valence-electron chi connectivity index (χ4n) is 3.78. The zero-order valence-electron chi connectivity index (χ0n) is 20.0. The summed E-state index contributed by atoms with van der Waals surface area (Å²) in [6.07, 6.45) is 0. The topological polar surface area (TPSA) is 71.1 Å². The number of halogens is 2. The van der Waals surface area contributed by atoms with Crippen LogP contribution in [-0.2, 0) is 17.9 Å². The minimum atomic E-state index is -0.573. The highest BCUT2D eigenvalue weighted by Crippen LogP contribution is 2.33. The molecule has 190 valence electrons. The Morgan fingerprint density at radius 3 is 2.61 bits per heavy atom. The minimum Gasteiger partial charge on any atom is -0.454 e. The van der Waals surface area contributed by atoms with Crippen molar-refractivity contribution in [1.29, 1.82) is 0 Å². The van der Waals surface area contributed by atoms with Crippen molar-refractivity contribution < 1.29 is 23.5 Å². The Morgan fingerprint density at radius 2 is 1.89 bits per heavy atom. The highest BCUT2D eigenvalue weighted by Gasteiger charge is 2.24. The molecule has 0 spiro atoms. The lowest BCUT2D eigenvalue weighted by molar-refractivity contribution is -0.133. The van der Waals surface area contributed by atoms with Gasteiger partial charge in [-0.1, -0.05) is 37.6 Å². The molecule has 0 saturated heterocycles. The maximum absolute atomic E-state index is 13.5. The summed E-state index contributed by atoms with van der Waals surface area (Å²) in [5, 5.41) is 4.59. The molecule has 0 bridgehead atoms. The van der Waals surface area contributed by atoms with Gasteiger partial charge >= 0.3 is 6.03 Å². The van der Waals surface area contributed by atoms with Gasteiger partial charge in [-0.15, -0.1) is 11.3 Å². The molecule has 0 saturated carbocycles. The summed E-state index contributed by atoms with van der Waals surface area (Å²) in [6, 6.07) is 13.0. The van der Waals surface area contributed by atoms with Crippen molar-refractivity contribution in [3.05, 3.63) is 75.2 Å². The number of hydrogen-bond donors (Lipinski definition) is 1. The SMILES string of the molecule is CC(C)CN(CC(=O)N(Cc1ccc2c(c1)OCO2)Cc1cccs1)C(=O)Nc1ccc(F)c(Cl)c1. The van der Waals surface area contributed by atoms with Gasteiger partial charge in [-0.25, -0.2) is 9.18 Å². The van der Waals surface area contributed by atoms with Gasteiger partial charge in [-0.2, -0.15) is 0 Å². The van der Waals surface area contributed by atoms with Gasteiger partial charge in [0.15, 0.2) is 11.5 Å². The third kappa shape index (κ3) is 6.67. The maximum Gasteiger partial charge on any atom is 0.322 e. The highest BCUT2D eigenvalue weighted by atomic mass is 35.5. The number of amides is 3. The van der Waals surface area contributed by atoms with E-state index in [0.29, 0.717) is 36.8 Å². The number of nitrogens with zero attached hydrogens (tertiary/aromatic N) is 2. The Bertz CT molecular complexity index is 1220. The number of thiophene rings is 1. The van der Waals surface area contributed by atoms with E-state index in [-0.39, 0.29) is 30.2 Å². The number of benzene rings is 2. The first kappa shape index (κ1) is 25.8. The van der Waals surface area contributed by atoms with E-state index in [1.807, 2.05) is 49.6 Å². The van der Waals surface area contributed by atoms with Gasteiger partial charge < -0.3 is 24.6 Å². The summed E-state index contributed by atoms with van der Waals surface area (Å²) < 4.78 is 24.4. The predicted molar refractivity (Wildman–Crippen MR) is 138 cm³/mol. The molecule has 4 rings (SSSR count). The number of fused-ring (bicyclic) bond motifs is 1. The smallest absolute Gasteiger partial charge is 0.322 e. The first-order valence-corrected chi connectivity index (χ1v) is 12.7. The quantitative estimate of drug-likeness (QED) is 0.368. The van der Waals surface area contributed by atoms with Crippen LogP contribution in [0.1, 0.15) is 24.3 Å². The molecule has 0 aliphatic carbocycles. The number of urea groups is 1. The number of rotatable bonds is 9. The van der Waals surface area contributed by atoms with Crippen LogP contribution < -0.4 is 14.8 Å². The van der Waals surface area contributed by atoms with Gasteiger partial charge in [-0.3, -0.25) is 4.79 Å². The molecule has 3 amide bonds. The van der Waals surface area contributed by atoms with Crippen LogP contribution in [0, 0.1) is 11.7 Å². The van der Waals surface area contributed by atoms with Crippen LogP contribution in [0.15, 0.2) is 53.9 Å². The first-order chi connectivity index (χ1) is 17.3. The van der Waals surface area contributed by atoms with Crippen molar-refractivity contribution in [2.75, 3.05) is 25.2 Å². The standard InChI is InChI=1S/C26H27ClFN3O4S/c1-17(2)12-31(26(33)29-19-6-7-22(28)21(27)11-19)15-25(32)30(14-20-4-3-9-36-20)13-18-5-8-23-24(10-18)35-16-34-23/h3-11,17H,12-16H2,1-2H3,(H,29,33). The molecule has 0 fully saturated rings. The van der Waals surface area contributed by atoms with Crippen LogP contribution in [-0.4, -0.2) is 41.6 Å². The van der Waals surface area contributed by atoms with E-state index in [1.54, 1.807) is 16.2 Å². The molecule has 1 aliphatic heterocycles. The Morgan fingerprint density at radius 1 is 1.08 bits per heavy atom. The van der Waals surface area contributed by atoms with E-state index < -0.39 is 11.8 Å². The summed E-state index contributed by atoms with van der Waals surface area (Å²) in [7, 11) is 0. The number of carbonyl (C=O) groups is 2. The van der Waals surface area contributed by atoms with Crippen LogP contribution in [0.25, 0.3) is 0 Å². The largest absolute Gasteiger partial charge is 0.454 e. The third-order valence-corrected chi connectivity index (χ3v) is 6.61. The van der Waals surface area contributed by atoms with Gasteiger partial charge in [-0.05, 0) is 53.3 Å². The molecule has 1 aliphatic rings. The van der Waals surface area contributed by atoms with Crippen molar-refractivity contribution in [2.24, 2.45) is 5.92 Å². The summed E-state index contributed by atoms with van der Waals surface area (Å²) >= 11 is 7.42. The minimum absolute atomic E-state index is 0.0925. The van der Waals surface area contributed by atoms with Gasteiger partial charge in [0.25, 0.3) is 0 Å². The molecule has 0 unspecified atom stereocenters. The maximum atomic E-state index is 13.5. The van der Waals surface area contributed by atoms with Crippen molar-refractivity contribution in [1.82, 2.24) is 9.80 Å². The Balaban J connectivity index is 1.50. The Kier molecular flexibility index (Phi) is 8.32. The van der Waals surface area contributed by atoms with E-state index >= 15 is 0 Å². The number of nitrogens with one attached hydrogen (secondary N) is 1. The zero-order valence-corrected chi connectivity index (χ0v) is 21.6. The average Bonchev–Trinajstić information content (AvgIpc) is 3.52.